The standard InChI is InChI=1S/C10H10N4S/c11-7-8-4-6-13-10(14-8)15-9-3-1-2-5-12-9/h1-6H,7,11H2. The van der Waals surface area contributed by atoms with E-state index in [2.05, 4.69) is 15.0 Å². The maximum Gasteiger partial charge on any atom is 0.194 e. The van der Waals surface area contributed by atoms with E-state index in [9.17, 15) is 0 Å². The first-order valence-electron chi connectivity index (χ1n) is 4.49. The van der Waals surface area contributed by atoms with Gasteiger partial charge in [-0.05, 0) is 30.0 Å². The van der Waals surface area contributed by atoms with E-state index in [0.29, 0.717) is 11.7 Å². The van der Waals surface area contributed by atoms with E-state index in [0.717, 1.165) is 10.7 Å². The second-order valence-corrected chi connectivity index (χ2v) is 3.79. The molecular formula is C10H10N4S. The van der Waals surface area contributed by atoms with Crippen molar-refractivity contribution < 1.29 is 0 Å². The summed E-state index contributed by atoms with van der Waals surface area (Å²) < 4.78 is 0. The summed E-state index contributed by atoms with van der Waals surface area (Å²) in [6.07, 6.45) is 3.45. The van der Waals surface area contributed by atoms with Crippen LogP contribution < -0.4 is 5.73 Å². The van der Waals surface area contributed by atoms with Gasteiger partial charge in [0.25, 0.3) is 0 Å². The molecule has 0 aliphatic carbocycles. The number of hydrogen-bond donors (Lipinski definition) is 1. The summed E-state index contributed by atoms with van der Waals surface area (Å²) in [5.74, 6) is 0. The highest BCUT2D eigenvalue weighted by Gasteiger charge is 2.01. The van der Waals surface area contributed by atoms with Crippen LogP contribution in [0.25, 0.3) is 0 Å². The van der Waals surface area contributed by atoms with Gasteiger partial charge >= 0.3 is 0 Å². The minimum atomic E-state index is 0.429. The summed E-state index contributed by atoms with van der Waals surface area (Å²) in [6, 6.07) is 7.54. The predicted octanol–water partition coefficient (Wildman–Crippen LogP) is 1.48. The molecule has 2 aromatic heterocycles. The van der Waals surface area contributed by atoms with Gasteiger partial charge in [0, 0.05) is 18.9 Å². The van der Waals surface area contributed by atoms with E-state index >= 15 is 0 Å². The van der Waals surface area contributed by atoms with Crippen LogP contribution in [-0.2, 0) is 6.54 Å². The molecule has 0 aliphatic rings. The Morgan fingerprint density at radius 1 is 1.13 bits per heavy atom. The molecule has 0 aromatic carbocycles. The summed E-state index contributed by atoms with van der Waals surface area (Å²) in [7, 11) is 0. The Labute approximate surface area is 92.0 Å². The molecule has 0 fully saturated rings. The minimum absolute atomic E-state index is 0.429. The summed E-state index contributed by atoms with van der Waals surface area (Å²) in [4.78, 5) is 12.6. The SMILES string of the molecule is NCc1ccnc(Sc2ccccn2)n1. The molecule has 0 saturated carbocycles. The number of hydrogen-bond acceptors (Lipinski definition) is 5. The maximum atomic E-state index is 5.50. The van der Waals surface area contributed by atoms with Crippen molar-refractivity contribution in [2.45, 2.75) is 16.7 Å². The molecule has 4 nitrogen and oxygen atoms in total. The third-order valence-electron chi connectivity index (χ3n) is 1.73. The predicted molar refractivity (Wildman–Crippen MR) is 58.3 cm³/mol. The lowest BCUT2D eigenvalue weighted by atomic mass is 10.4. The van der Waals surface area contributed by atoms with E-state index in [4.69, 9.17) is 5.73 Å². The van der Waals surface area contributed by atoms with Crippen molar-refractivity contribution in [3.63, 3.8) is 0 Å². The van der Waals surface area contributed by atoms with Gasteiger partial charge in [0.1, 0.15) is 5.03 Å². The fourth-order valence-corrected chi connectivity index (χ4v) is 1.76. The van der Waals surface area contributed by atoms with Crippen LogP contribution in [-0.4, -0.2) is 15.0 Å². The molecule has 15 heavy (non-hydrogen) atoms. The normalized spacial score (nSPS) is 10.2. The van der Waals surface area contributed by atoms with Crippen LogP contribution in [0, 0.1) is 0 Å². The Morgan fingerprint density at radius 3 is 2.80 bits per heavy atom. The monoisotopic (exact) mass is 218 g/mol. The third kappa shape index (κ3) is 2.74. The molecule has 2 heterocycles. The van der Waals surface area contributed by atoms with Gasteiger partial charge in [0.15, 0.2) is 5.16 Å². The lowest BCUT2D eigenvalue weighted by Gasteiger charge is -2.00. The molecule has 0 aliphatic heterocycles. The molecule has 2 aromatic rings. The number of rotatable bonds is 3. The molecule has 0 atom stereocenters. The van der Waals surface area contributed by atoms with Gasteiger partial charge in [0.05, 0.1) is 5.69 Å². The first-order valence-corrected chi connectivity index (χ1v) is 5.31. The third-order valence-corrected chi connectivity index (χ3v) is 2.56. The highest BCUT2D eigenvalue weighted by molar-refractivity contribution is 7.99. The molecule has 5 heteroatoms. The molecular weight excluding hydrogens is 208 g/mol. The Morgan fingerprint density at radius 2 is 2.07 bits per heavy atom. The molecule has 0 saturated heterocycles. The topological polar surface area (TPSA) is 64.7 Å². The fraction of sp³-hybridized carbons (Fsp3) is 0.100. The second kappa shape index (κ2) is 4.86. The number of nitrogens with two attached hydrogens (primary N) is 1. The Hall–Kier alpha value is -1.46. The lowest BCUT2D eigenvalue weighted by molar-refractivity contribution is 0.872. The molecule has 2 rings (SSSR count). The van der Waals surface area contributed by atoms with E-state index in [1.807, 2.05) is 24.3 Å². The first kappa shape index (κ1) is 10.1. The van der Waals surface area contributed by atoms with E-state index in [-0.39, 0.29) is 0 Å². The smallest absolute Gasteiger partial charge is 0.194 e. The first-order chi connectivity index (χ1) is 7.38. The number of pyridine rings is 1. The Balaban J connectivity index is 2.17. The summed E-state index contributed by atoms with van der Waals surface area (Å²) in [5, 5.41) is 1.56. The number of nitrogens with zero attached hydrogens (tertiary/aromatic N) is 3. The van der Waals surface area contributed by atoms with Crippen LogP contribution in [0.2, 0.25) is 0 Å². The molecule has 76 valence electrons. The van der Waals surface area contributed by atoms with Crippen LogP contribution in [0.15, 0.2) is 46.8 Å². The van der Waals surface area contributed by atoms with E-state index in [1.54, 1.807) is 12.4 Å². The molecule has 0 amide bonds. The minimum Gasteiger partial charge on any atom is -0.325 e. The van der Waals surface area contributed by atoms with Crippen molar-refractivity contribution in [1.82, 2.24) is 15.0 Å². The molecule has 0 radical (unpaired) electrons. The highest BCUT2D eigenvalue weighted by atomic mass is 32.2. The van der Waals surface area contributed by atoms with Crippen molar-refractivity contribution in [3.8, 4) is 0 Å². The van der Waals surface area contributed by atoms with Crippen LogP contribution in [0.4, 0.5) is 0 Å². The van der Waals surface area contributed by atoms with Crippen molar-refractivity contribution in [2.24, 2.45) is 5.73 Å². The van der Waals surface area contributed by atoms with E-state index < -0.39 is 0 Å². The van der Waals surface area contributed by atoms with Crippen molar-refractivity contribution in [1.29, 1.82) is 0 Å². The van der Waals surface area contributed by atoms with Gasteiger partial charge in [-0.15, -0.1) is 0 Å². The summed E-state index contributed by atoms with van der Waals surface area (Å²) in [6.45, 7) is 0.429. The molecule has 0 bridgehead atoms. The Bertz CT molecular complexity index is 432. The summed E-state index contributed by atoms with van der Waals surface area (Å²) in [5.41, 5.74) is 6.33. The van der Waals surface area contributed by atoms with Crippen LogP contribution in [0.1, 0.15) is 5.69 Å². The Kier molecular flexibility index (Phi) is 3.26. The van der Waals surface area contributed by atoms with Gasteiger partial charge < -0.3 is 5.73 Å². The van der Waals surface area contributed by atoms with Crippen molar-refractivity contribution in [2.75, 3.05) is 0 Å². The average molecular weight is 218 g/mol. The van der Waals surface area contributed by atoms with Gasteiger partial charge in [-0.1, -0.05) is 6.07 Å². The average Bonchev–Trinajstić information content (AvgIpc) is 2.31. The van der Waals surface area contributed by atoms with Gasteiger partial charge in [0.2, 0.25) is 0 Å². The maximum absolute atomic E-state index is 5.50. The highest BCUT2D eigenvalue weighted by Crippen LogP contribution is 2.21. The van der Waals surface area contributed by atoms with Gasteiger partial charge in [-0.2, -0.15) is 0 Å². The molecule has 0 unspecified atom stereocenters. The van der Waals surface area contributed by atoms with Gasteiger partial charge in [-0.3, -0.25) is 0 Å². The largest absolute Gasteiger partial charge is 0.325 e. The zero-order chi connectivity index (χ0) is 10.5. The van der Waals surface area contributed by atoms with E-state index in [1.165, 1.54) is 11.8 Å². The van der Waals surface area contributed by atoms with Crippen molar-refractivity contribution in [3.05, 3.63) is 42.4 Å². The van der Waals surface area contributed by atoms with Crippen LogP contribution >= 0.6 is 11.8 Å². The quantitative estimate of drug-likeness (QED) is 0.790. The second-order valence-electron chi connectivity index (χ2n) is 2.80. The summed E-state index contributed by atoms with van der Waals surface area (Å²) >= 11 is 1.43. The fourth-order valence-electron chi connectivity index (χ4n) is 1.04. The van der Waals surface area contributed by atoms with Crippen LogP contribution in [0.3, 0.4) is 0 Å². The number of aromatic nitrogens is 3. The lowest BCUT2D eigenvalue weighted by Crippen LogP contribution is -2.00. The van der Waals surface area contributed by atoms with Gasteiger partial charge in [-0.25, -0.2) is 15.0 Å². The zero-order valence-electron chi connectivity index (χ0n) is 8.00. The zero-order valence-corrected chi connectivity index (χ0v) is 8.81. The molecule has 2 N–H and O–H groups in total. The molecule has 0 spiro atoms. The van der Waals surface area contributed by atoms with Crippen molar-refractivity contribution >= 4 is 11.8 Å². The van der Waals surface area contributed by atoms with Crippen LogP contribution in [0.5, 0.6) is 0 Å².